The highest BCUT2D eigenvalue weighted by atomic mass is 16.3. The average Bonchev–Trinajstić information content (AvgIpc) is 1.97. The first-order valence-corrected chi connectivity index (χ1v) is 3.37. The molecule has 2 N–H and O–H groups in total. The topological polar surface area (TPSA) is 44.1 Å². The van der Waals surface area contributed by atoms with E-state index in [-0.39, 0.29) is 5.75 Å². The van der Waals surface area contributed by atoms with E-state index >= 15 is 0 Å². The predicted octanol–water partition coefficient (Wildman–Crippen LogP) is 1.87. The van der Waals surface area contributed by atoms with E-state index in [0.717, 1.165) is 17.3 Å². The molecule has 0 spiro atoms. The van der Waals surface area contributed by atoms with E-state index in [2.05, 4.69) is 0 Å². The van der Waals surface area contributed by atoms with Gasteiger partial charge in [-0.2, -0.15) is 0 Å². The monoisotopic (exact) mass is 145 g/mol. The minimum Gasteiger partial charge on any atom is -0.507 e. The Morgan fingerprint density at radius 3 is 2.36 bits per heavy atom. The van der Waals surface area contributed by atoms with Gasteiger partial charge >= 0.3 is 0 Å². The number of nitrogens with one attached hydrogen (secondary N) is 1. The summed E-state index contributed by atoms with van der Waals surface area (Å²) in [6.45, 7) is 0. The van der Waals surface area contributed by atoms with Crippen molar-refractivity contribution in [2.75, 3.05) is 0 Å². The van der Waals surface area contributed by atoms with E-state index < -0.39 is 0 Å². The molecule has 1 aromatic rings. The molecule has 11 heavy (non-hydrogen) atoms. The third-order valence-electron chi connectivity index (χ3n) is 1.83. The molecule has 0 radical (unpaired) electrons. The molecule has 1 aliphatic rings. The lowest BCUT2D eigenvalue weighted by Gasteiger charge is -2.11. The molecule has 1 aliphatic carbocycles. The maximum Gasteiger partial charge on any atom is 0.124 e. The number of rotatable bonds is 1. The van der Waals surface area contributed by atoms with E-state index in [9.17, 15) is 5.11 Å². The molecule has 2 heteroatoms. The molecule has 0 unspecified atom stereocenters. The van der Waals surface area contributed by atoms with Gasteiger partial charge in [0, 0.05) is 11.8 Å². The smallest absolute Gasteiger partial charge is 0.124 e. The van der Waals surface area contributed by atoms with Crippen LogP contribution in [0.4, 0.5) is 0 Å². The number of aromatic hydroxyl groups is 1. The highest BCUT2D eigenvalue weighted by molar-refractivity contribution is 5.91. The summed E-state index contributed by atoms with van der Waals surface area (Å²) in [5.41, 5.74) is 2.72. The number of phenols is 1. The number of hydrogen-bond acceptors (Lipinski definition) is 2. The van der Waals surface area contributed by atoms with Crippen molar-refractivity contribution in [2.24, 2.45) is 0 Å². The Bertz CT molecular complexity index is 353. The van der Waals surface area contributed by atoms with E-state index in [1.807, 2.05) is 12.2 Å². The highest BCUT2D eigenvalue weighted by Crippen LogP contribution is 2.29. The summed E-state index contributed by atoms with van der Waals surface area (Å²) < 4.78 is 0. The summed E-state index contributed by atoms with van der Waals surface area (Å²) >= 11 is 0. The Hall–Kier alpha value is -1.57. The van der Waals surface area contributed by atoms with Gasteiger partial charge in [0.25, 0.3) is 0 Å². The van der Waals surface area contributed by atoms with Gasteiger partial charge in [0.2, 0.25) is 0 Å². The number of phenolic OH excluding ortho intramolecular Hbond substituents is 1. The van der Waals surface area contributed by atoms with E-state index in [4.69, 9.17) is 5.41 Å². The van der Waals surface area contributed by atoms with Crippen LogP contribution < -0.4 is 0 Å². The molecule has 1 aromatic carbocycles. The predicted molar refractivity (Wildman–Crippen MR) is 44.9 cm³/mol. The van der Waals surface area contributed by atoms with Gasteiger partial charge in [-0.05, 0) is 23.3 Å². The highest BCUT2D eigenvalue weighted by Gasteiger charge is 2.08. The molecule has 2 nitrogen and oxygen atoms in total. The summed E-state index contributed by atoms with van der Waals surface area (Å²) in [7, 11) is 0. The molecular formula is C9H7NO. The van der Waals surface area contributed by atoms with Crippen LogP contribution in [0.15, 0.2) is 12.1 Å². The third kappa shape index (κ3) is 0.759. The first-order valence-electron chi connectivity index (χ1n) is 3.37. The molecule has 0 fully saturated rings. The number of fused-ring (bicyclic) bond motifs is 1. The van der Waals surface area contributed by atoms with E-state index in [1.165, 1.54) is 0 Å². The van der Waals surface area contributed by atoms with Crippen LogP contribution in [0.25, 0.3) is 12.2 Å². The van der Waals surface area contributed by atoms with Crippen molar-refractivity contribution in [3.63, 3.8) is 0 Å². The normalized spacial score (nSPS) is 12.0. The average molecular weight is 145 g/mol. The minimum atomic E-state index is 0.183. The van der Waals surface area contributed by atoms with Crippen LogP contribution in [0.1, 0.15) is 16.7 Å². The molecular weight excluding hydrogens is 138 g/mol. The zero-order valence-electron chi connectivity index (χ0n) is 5.83. The van der Waals surface area contributed by atoms with E-state index in [1.54, 1.807) is 12.1 Å². The lowest BCUT2D eigenvalue weighted by Crippen LogP contribution is -1.92. The van der Waals surface area contributed by atoms with Crippen molar-refractivity contribution in [2.45, 2.75) is 0 Å². The summed E-state index contributed by atoms with van der Waals surface area (Å²) in [6.07, 6.45) is 5.05. The summed E-state index contributed by atoms with van der Waals surface area (Å²) in [6, 6.07) is 3.48. The van der Waals surface area contributed by atoms with E-state index in [0.29, 0.717) is 5.56 Å². The van der Waals surface area contributed by atoms with Crippen molar-refractivity contribution in [1.82, 2.24) is 0 Å². The van der Waals surface area contributed by atoms with Crippen LogP contribution in [0.2, 0.25) is 0 Å². The Kier molecular flexibility index (Phi) is 1.09. The SMILES string of the molecule is N=Cc1cc2c(cc1O)C=C2. The van der Waals surface area contributed by atoms with Crippen LogP contribution in [0, 0.1) is 5.41 Å². The molecule has 0 heterocycles. The first-order chi connectivity index (χ1) is 5.31. The molecule has 0 aromatic heterocycles. The third-order valence-corrected chi connectivity index (χ3v) is 1.83. The fourth-order valence-corrected chi connectivity index (χ4v) is 1.13. The van der Waals surface area contributed by atoms with Crippen molar-refractivity contribution >= 4 is 18.4 Å². The molecule has 2 rings (SSSR count). The fourth-order valence-electron chi connectivity index (χ4n) is 1.13. The van der Waals surface area contributed by atoms with Crippen molar-refractivity contribution in [3.8, 4) is 5.75 Å². The van der Waals surface area contributed by atoms with Gasteiger partial charge in [0.15, 0.2) is 0 Å². The van der Waals surface area contributed by atoms with Gasteiger partial charge in [-0.3, -0.25) is 0 Å². The molecule has 0 aliphatic heterocycles. The number of benzene rings is 1. The largest absolute Gasteiger partial charge is 0.507 e. The zero-order valence-corrected chi connectivity index (χ0v) is 5.83. The lowest BCUT2D eigenvalue weighted by atomic mass is 9.95. The van der Waals surface area contributed by atoms with Crippen LogP contribution in [0.3, 0.4) is 0 Å². The van der Waals surface area contributed by atoms with Crippen LogP contribution >= 0.6 is 0 Å². The fraction of sp³-hybridized carbons (Fsp3) is 0. The maximum atomic E-state index is 9.26. The van der Waals surface area contributed by atoms with Crippen molar-refractivity contribution in [1.29, 1.82) is 5.41 Å². The quantitative estimate of drug-likeness (QED) is 0.591. The summed E-state index contributed by atoms with van der Waals surface area (Å²) in [5.74, 6) is 0.183. The van der Waals surface area contributed by atoms with Crippen molar-refractivity contribution in [3.05, 3.63) is 28.8 Å². The Morgan fingerprint density at radius 1 is 1.18 bits per heavy atom. The Labute approximate surface area is 64.3 Å². The second-order valence-corrected chi connectivity index (χ2v) is 2.52. The summed E-state index contributed by atoms with van der Waals surface area (Å²) in [5, 5.41) is 16.2. The standard InChI is InChI=1S/C9H7NO/c10-5-8-3-6-1-2-7(6)4-9(8)11/h1-5,10-11H. The molecule has 54 valence electrons. The molecule has 0 saturated heterocycles. The maximum absolute atomic E-state index is 9.26. The second kappa shape index (κ2) is 1.95. The van der Waals surface area contributed by atoms with Gasteiger partial charge in [-0.25, -0.2) is 0 Å². The Balaban J connectivity index is 2.63. The molecule has 0 atom stereocenters. The lowest BCUT2D eigenvalue weighted by molar-refractivity contribution is 0.474. The second-order valence-electron chi connectivity index (χ2n) is 2.52. The molecule has 0 amide bonds. The van der Waals surface area contributed by atoms with Crippen LogP contribution in [0.5, 0.6) is 5.75 Å². The van der Waals surface area contributed by atoms with Gasteiger partial charge in [-0.15, -0.1) is 0 Å². The van der Waals surface area contributed by atoms with Gasteiger partial charge in [0.05, 0.1) is 0 Å². The summed E-state index contributed by atoms with van der Waals surface area (Å²) in [4.78, 5) is 0. The Morgan fingerprint density at radius 2 is 1.82 bits per heavy atom. The first kappa shape index (κ1) is 6.16. The molecule has 0 bridgehead atoms. The minimum absolute atomic E-state index is 0.183. The van der Waals surface area contributed by atoms with Gasteiger partial charge < -0.3 is 10.5 Å². The molecule has 0 saturated carbocycles. The zero-order chi connectivity index (χ0) is 7.84. The van der Waals surface area contributed by atoms with Gasteiger partial charge in [-0.1, -0.05) is 12.2 Å². The number of hydrogen-bond donors (Lipinski definition) is 2. The van der Waals surface area contributed by atoms with Crippen LogP contribution in [-0.2, 0) is 0 Å². The van der Waals surface area contributed by atoms with Gasteiger partial charge in [0.1, 0.15) is 5.75 Å². The van der Waals surface area contributed by atoms with Crippen molar-refractivity contribution < 1.29 is 5.11 Å². The van der Waals surface area contributed by atoms with Crippen LogP contribution in [-0.4, -0.2) is 11.3 Å².